The smallest absolute Gasteiger partial charge is 0.335 e. The van der Waals surface area contributed by atoms with Gasteiger partial charge < -0.3 is 69.6 Å². The van der Waals surface area contributed by atoms with Gasteiger partial charge >= 0.3 is 11.9 Å². The third-order valence-electron chi connectivity index (χ3n) is 8.45. The number of aliphatic carboxylic acids is 2. The van der Waals surface area contributed by atoms with Crippen LogP contribution in [-0.4, -0.2) is 126 Å². The van der Waals surface area contributed by atoms with E-state index in [4.69, 9.17) is 23.7 Å². The number of hydrogen-bond donors (Lipinski definition) is 9. The molecule has 0 aliphatic carbocycles. The summed E-state index contributed by atoms with van der Waals surface area (Å²) in [5.41, 5.74) is 1.50. The van der Waals surface area contributed by atoms with E-state index in [-0.39, 0.29) is 34.8 Å². The van der Waals surface area contributed by atoms with Crippen molar-refractivity contribution in [2.45, 2.75) is 88.1 Å². The number of phenols is 1. The molecular formula is C31H40O16. The zero-order valence-corrected chi connectivity index (χ0v) is 25.7. The zero-order valence-electron chi connectivity index (χ0n) is 25.7. The van der Waals surface area contributed by atoms with E-state index in [2.05, 4.69) is 0 Å². The van der Waals surface area contributed by atoms with Crippen LogP contribution in [0.5, 0.6) is 23.0 Å². The van der Waals surface area contributed by atoms with Crippen molar-refractivity contribution in [1.82, 2.24) is 0 Å². The molecule has 4 rings (SSSR count). The number of phenolic OH excluding ortho intramolecular Hbond substituents is 1. The molecule has 47 heavy (non-hydrogen) atoms. The summed E-state index contributed by atoms with van der Waals surface area (Å²) in [6.45, 7) is 3.99. The molecule has 0 radical (unpaired) electrons. The molecule has 2 saturated heterocycles. The topological polar surface area (TPSA) is 262 Å². The number of methoxy groups -OCH3 is 1. The van der Waals surface area contributed by atoms with Crippen LogP contribution in [0.2, 0.25) is 0 Å². The van der Waals surface area contributed by atoms with E-state index < -0.39 is 73.4 Å². The molecule has 2 aliphatic rings. The first-order valence-corrected chi connectivity index (χ1v) is 14.8. The van der Waals surface area contributed by atoms with Crippen LogP contribution in [-0.2, 0) is 31.9 Å². The van der Waals surface area contributed by atoms with Crippen molar-refractivity contribution in [1.29, 1.82) is 0 Å². The summed E-state index contributed by atoms with van der Waals surface area (Å²) >= 11 is 0. The third-order valence-corrected chi connectivity index (χ3v) is 8.45. The molecule has 2 aliphatic heterocycles. The second-order valence-electron chi connectivity index (χ2n) is 11.9. The van der Waals surface area contributed by atoms with E-state index in [1.807, 2.05) is 13.8 Å². The van der Waals surface area contributed by atoms with Gasteiger partial charge in [0.1, 0.15) is 36.6 Å². The minimum Gasteiger partial charge on any atom is -0.504 e. The molecule has 0 amide bonds. The molecule has 2 aromatic rings. The van der Waals surface area contributed by atoms with Crippen molar-refractivity contribution in [3.63, 3.8) is 0 Å². The third kappa shape index (κ3) is 8.05. The van der Waals surface area contributed by atoms with Crippen molar-refractivity contribution < 1.29 is 79.2 Å². The highest BCUT2D eigenvalue weighted by molar-refractivity contribution is 5.74. The molecule has 0 unspecified atom stereocenters. The van der Waals surface area contributed by atoms with Gasteiger partial charge in [0.2, 0.25) is 12.6 Å². The van der Waals surface area contributed by atoms with Gasteiger partial charge in [-0.25, -0.2) is 9.59 Å². The Hall–Kier alpha value is -3.74. The van der Waals surface area contributed by atoms with Crippen molar-refractivity contribution in [3.8, 4) is 23.0 Å². The maximum Gasteiger partial charge on any atom is 0.335 e. The van der Waals surface area contributed by atoms with Crippen molar-refractivity contribution in [2.24, 2.45) is 11.8 Å². The molecule has 9 N–H and O–H groups in total. The van der Waals surface area contributed by atoms with Gasteiger partial charge in [0.15, 0.2) is 35.2 Å². The second kappa shape index (κ2) is 15.0. The van der Waals surface area contributed by atoms with Crippen molar-refractivity contribution in [2.75, 3.05) is 7.11 Å². The van der Waals surface area contributed by atoms with E-state index >= 15 is 0 Å². The Morgan fingerprint density at radius 1 is 0.660 bits per heavy atom. The van der Waals surface area contributed by atoms with E-state index in [0.717, 1.165) is 5.56 Å². The SMILES string of the molecule is COc1ccc(C[C@@H](C)[C@@H](C)Cc2ccc(O)c(O[C@@H]3O[C@H](C(=O)O)[C@@H](O)[C@H](O)[C@H]3O)c2)cc1O[C@@H]1O[C@H](C(=O)O)[C@@H](O)[C@H](O)[C@H]1O. The number of rotatable bonds is 12. The van der Waals surface area contributed by atoms with Crippen LogP contribution in [0.3, 0.4) is 0 Å². The summed E-state index contributed by atoms with van der Waals surface area (Å²) in [5.74, 6) is -3.15. The van der Waals surface area contributed by atoms with Crippen LogP contribution in [0.4, 0.5) is 0 Å². The van der Waals surface area contributed by atoms with Crippen molar-refractivity contribution in [3.05, 3.63) is 47.5 Å². The lowest BCUT2D eigenvalue weighted by Crippen LogP contribution is -2.61. The molecular weight excluding hydrogens is 628 g/mol. The first-order chi connectivity index (χ1) is 22.1. The molecule has 16 nitrogen and oxygen atoms in total. The summed E-state index contributed by atoms with van der Waals surface area (Å²) < 4.78 is 27.0. The molecule has 16 heteroatoms. The minimum absolute atomic E-state index is 0.0280. The number of hydrogen-bond acceptors (Lipinski definition) is 14. The van der Waals surface area contributed by atoms with Gasteiger partial charge in [-0.3, -0.25) is 0 Å². The maximum absolute atomic E-state index is 11.5. The van der Waals surface area contributed by atoms with Gasteiger partial charge in [-0.2, -0.15) is 0 Å². The fraction of sp³-hybridized carbons (Fsp3) is 0.548. The highest BCUT2D eigenvalue weighted by atomic mass is 16.7. The van der Waals surface area contributed by atoms with E-state index in [9.17, 15) is 55.5 Å². The van der Waals surface area contributed by atoms with Crippen LogP contribution < -0.4 is 14.2 Å². The number of aromatic hydroxyl groups is 1. The van der Waals surface area contributed by atoms with Crippen LogP contribution in [0.15, 0.2) is 36.4 Å². The molecule has 260 valence electrons. The Morgan fingerprint density at radius 2 is 1.09 bits per heavy atom. The fourth-order valence-electron chi connectivity index (χ4n) is 5.42. The Balaban J connectivity index is 1.43. The number of carboxylic acids is 2. The van der Waals surface area contributed by atoms with Gasteiger partial charge in [0.05, 0.1) is 7.11 Å². The Kier molecular flexibility index (Phi) is 11.5. The maximum atomic E-state index is 11.5. The zero-order chi connectivity index (χ0) is 34.7. The Labute approximate surface area is 268 Å². The highest BCUT2D eigenvalue weighted by Gasteiger charge is 2.49. The van der Waals surface area contributed by atoms with Gasteiger partial charge in [0.25, 0.3) is 0 Å². The van der Waals surface area contributed by atoms with Gasteiger partial charge in [-0.1, -0.05) is 26.0 Å². The summed E-state index contributed by atoms with van der Waals surface area (Å²) in [5, 5.41) is 89.7. The normalized spacial score (nSPS) is 32.2. The fourth-order valence-corrected chi connectivity index (χ4v) is 5.42. The number of ether oxygens (including phenoxy) is 5. The first kappa shape index (κ1) is 36.1. The van der Waals surface area contributed by atoms with E-state index in [1.54, 1.807) is 24.3 Å². The summed E-state index contributed by atoms with van der Waals surface area (Å²) in [6.07, 6.45) is -17.0. The van der Waals surface area contributed by atoms with Crippen LogP contribution in [0.25, 0.3) is 0 Å². The molecule has 0 bridgehead atoms. The lowest BCUT2D eigenvalue weighted by molar-refractivity contribution is -0.271. The molecule has 0 saturated carbocycles. The Morgan fingerprint density at radius 3 is 1.53 bits per heavy atom. The first-order valence-electron chi connectivity index (χ1n) is 14.8. The quantitative estimate of drug-likeness (QED) is 0.131. The van der Waals surface area contributed by atoms with Crippen LogP contribution >= 0.6 is 0 Å². The Bertz CT molecular complexity index is 1400. The molecule has 0 spiro atoms. The lowest BCUT2D eigenvalue weighted by Gasteiger charge is -2.38. The summed E-state index contributed by atoms with van der Waals surface area (Å²) in [6, 6.07) is 9.55. The van der Waals surface area contributed by atoms with Crippen molar-refractivity contribution >= 4 is 11.9 Å². The van der Waals surface area contributed by atoms with Gasteiger partial charge in [0, 0.05) is 0 Å². The monoisotopic (exact) mass is 668 g/mol. The number of carbonyl (C=O) groups is 2. The number of benzene rings is 2. The van der Waals surface area contributed by atoms with Gasteiger partial charge in [-0.05, 0) is 60.1 Å². The molecule has 0 aromatic heterocycles. The van der Waals surface area contributed by atoms with Gasteiger partial charge in [-0.15, -0.1) is 0 Å². The minimum atomic E-state index is -1.89. The van der Waals surface area contributed by atoms with E-state index in [0.29, 0.717) is 18.4 Å². The number of aliphatic hydroxyl groups excluding tert-OH is 6. The number of aliphatic hydroxyl groups is 6. The molecule has 2 heterocycles. The standard InChI is InChI=1S/C31H40O16/c1-12(8-14-4-6-16(32)18(10-14)44-30-24(37)20(33)22(35)26(46-30)28(39)40)13(2)9-15-5-7-17(43-3)19(11-15)45-31-25(38)21(34)23(36)27(47-31)29(41)42/h4-7,10-13,20-27,30-38H,8-9H2,1-3H3,(H,39,40)(H,41,42)/t12-,13+,20-,21-,22-,23-,24+,25+,26-,27-,30+,31+/m0/s1. The average Bonchev–Trinajstić information content (AvgIpc) is 3.02. The largest absolute Gasteiger partial charge is 0.504 e. The predicted molar refractivity (Wildman–Crippen MR) is 157 cm³/mol. The summed E-state index contributed by atoms with van der Waals surface area (Å²) in [7, 11) is 1.38. The van der Waals surface area contributed by atoms with E-state index in [1.165, 1.54) is 19.2 Å². The van der Waals surface area contributed by atoms with Crippen LogP contribution in [0, 0.1) is 11.8 Å². The summed E-state index contributed by atoms with van der Waals surface area (Å²) in [4.78, 5) is 22.9. The predicted octanol–water partition coefficient (Wildman–Crippen LogP) is -1.000. The van der Waals surface area contributed by atoms with Crippen LogP contribution in [0.1, 0.15) is 25.0 Å². The molecule has 2 aromatic carbocycles. The molecule has 2 fully saturated rings. The highest BCUT2D eigenvalue weighted by Crippen LogP contribution is 2.35. The lowest BCUT2D eigenvalue weighted by atomic mass is 9.85. The molecule has 12 atom stereocenters. The average molecular weight is 669 g/mol. The second-order valence-corrected chi connectivity index (χ2v) is 11.9. The number of carboxylic acid groups (broad SMARTS) is 2.